The van der Waals surface area contributed by atoms with Gasteiger partial charge in [-0.25, -0.2) is 4.68 Å². The van der Waals surface area contributed by atoms with Gasteiger partial charge in [0.05, 0.1) is 18.0 Å². The Bertz CT molecular complexity index is 586. The maximum atomic E-state index is 12.7. The molecule has 2 atom stereocenters. The van der Waals surface area contributed by atoms with Crippen LogP contribution < -0.4 is 5.32 Å². The maximum Gasteiger partial charge on any atom is 0.333 e. The third-order valence-corrected chi connectivity index (χ3v) is 4.14. The van der Waals surface area contributed by atoms with Crippen LogP contribution in [-0.2, 0) is 16.0 Å². The zero-order chi connectivity index (χ0) is 16.4. The molecule has 1 aromatic heterocycles. The Kier molecular flexibility index (Phi) is 4.77. The number of halogens is 2. The fourth-order valence-corrected chi connectivity index (χ4v) is 2.92. The third-order valence-electron chi connectivity index (χ3n) is 4.14. The van der Waals surface area contributed by atoms with E-state index < -0.39 is 18.4 Å². The molecule has 1 saturated carbocycles. The van der Waals surface area contributed by atoms with Crippen LogP contribution in [0.4, 0.5) is 8.78 Å². The van der Waals surface area contributed by atoms with Crippen molar-refractivity contribution in [1.82, 2.24) is 15.1 Å². The lowest BCUT2D eigenvalue weighted by Crippen LogP contribution is -2.34. The molecule has 22 heavy (non-hydrogen) atoms. The van der Waals surface area contributed by atoms with Crippen molar-refractivity contribution in [2.24, 2.45) is 5.92 Å². The number of rotatable bonds is 5. The quantitative estimate of drug-likeness (QED) is 0.868. The average Bonchev–Trinajstić information content (AvgIpc) is 2.98. The van der Waals surface area contributed by atoms with Crippen LogP contribution in [0, 0.1) is 19.8 Å². The molecule has 0 spiro atoms. The lowest BCUT2D eigenvalue weighted by molar-refractivity contribution is -0.141. The number of nitrogens with zero attached hydrogens (tertiary/aromatic N) is 2. The van der Waals surface area contributed by atoms with E-state index in [1.54, 1.807) is 6.92 Å². The number of alkyl halides is 2. The largest absolute Gasteiger partial charge is 0.481 e. The van der Waals surface area contributed by atoms with E-state index >= 15 is 0 Å². The second-order valence-electron chi connectivity index (χ2n) is 5.66. The number of carbonyl (C=O) groups excluding carboxylic acids is 1. The van der Waals surface area contributed by atoms with Crippen molar-refractivity contribution >= 4 is 11.9 Å². The zero-order valence-corrected chi connectivity index (χ0v) is 12.5. The van der Waals surface area contributed by atoms with Crippen LogP contribution >= 0.6 is 0 Å². The first-order valence-electron chi connectivity index (χ1n) is 7.14. The van der Waals surface area contributed by atoms with Gasteiger partial charge in [0, 0.05) is 17.3 Å². The Morgan fingerprint density at radius 1 is 1.41 bits per heavy atom. The normalized spacial score (nSPS) is 21.3. The number of carboxylic acids is 1. The summed E-state index contributed by atoms with van der Waals surface area (Å²) in [6.07, 6.45) is 1.55. The summed E-state index contributed by atoms with van der Waals surface area (Å²) in [7, 11) is 0. The third kappa shape index (κ3) is 3.42. The second-order valence-corrected chi connectivity index (χ2v) is 5.66. The Morgan fingerprint density at radius 2 is 2.09 bits per heavy atom. The minimum absolute atomic E-state index is 0.0291. The summed E-state index contributed by atoms with van der Waals surface area (Å²) >= 11 is 0. The predicted octanol–water partition coefficient (Wildman–Crippen LogP) is 1.81. The van der Waals surface area contributed by atoms with E-state index in [-0.39, 0.29) is 24.1 Å². The molecule has 1 aliphatic rings. The number of aryl methyl sites for hydroxylation is 1. The number of aromatic nitrogens is 2. The van der Waals surface area contributed by atoms with E-state index in [1.165, 1.54) is 6.92 Å². The number of carbonyl (C=O) groups is 2. The van der Waals surface area contributed by atoms with Crippen LogP contribution in [0.2, 0.25) is 0 Å². The second kappa shape index (κ2) is 6.41. The first kappa shape index (κ1) is 16.4. The summed E-state index contributed by atoms with van der Waals surface area (Å²) in [5, 5.41) is 15.5. The highest BCUT2D eigenvalue weighted by Gasteiger charge is 2.30. The molecule has 2 N–H and O–H groups in total. The molecule has 0 aliphatic heterocycles. The van der Waals surface area contributed by atoms with Crippen molar-refractivity contribution in [2.45, 2.75) is 52.1 Å². The van der Waals surface area contributed by atoms with E-state index in [2.05, 4.69) is 10.4 Å². The maximum absolute atomic E-state index is 12.7. The molecule has 1 fully saturated rings. The van der Waals surface area contributed by atoms with Gasteiger partial charge in [-0.05, 0) is 33.1 Å². The fourth-order valence-electron chi connectivity index (χ4n) is 2.92. The van der Waals surface area contributed by atoms with Crippen LogP contribution in [0.25, 0.3) is 0 Å². The van der Waals surface area contributed by atoms with Gasteiger partial charge in [-0.2, -0.15) is 13.9 Å². The standard InChI is InChI=1S/C14H19F2N3O3/c1-7-11(8(2)19(18-7)14(15)16)6-12(20)17-10-4-3-9(5-10)13(21)22/h9-10,14H,3-6H2,1-2H3,(H,17,20)(H,21,22)/t9-,10+/m1/s1. The number of carboxylic acid groups (broad SMARTS) is 1. The molecule has 0 radical (unpaired) electrons. The lowest BCUT2D eigenvalue weighted by atomic mass is 10.1. The summed E-state index contributed by atoms with van der Waals surface area (Å²) in [5.74, 6) is -1.56. The first-order valence-corrected chi connectivity index (χ1v) is 7.14. The van der Waals surface area contributed by atoms with Crippen LogP contribution in [0.15, 0.2) is 0 Å². The SMILES string of the molecule is Cc1nn(C(F)F)c(C)c1CC(=O)N[C@H]1CC[C@@H](C(=O)O)C1. The van der Waals surface area contributed by atoms with Gasteiger partial charge < -0.3 is 10.4 Å². The molecule has 1 aliphatic carbocycles. The zero-order valence-electron chi connectivity index (χ0n) is 12.5. The highest BCUT2D eigenvalue weighted by molar-refractivity contribution is 5.79. The van der Waals surface area contributed by atoms with E-state index in [1.807, 2.05) is 0 Å². The van der Waals surface area contributed by atoms with Crippen molar-refractivity contribution in [2.75, 3.05) is 0 Å². The summed E-state index contributed by atoms with van der Waals surface area (Å²) in [6, 6.07) is -0.167. The van der Waals surface area contributed by atoms with Gasteiger partial charge in [0.15, 0.2) is 0 Å². The Labute approximate surface area is 126 Å². The smallest absolute Gasteiger partial charge is 0.333 e. The topological polar surface area (TPSA) is 84.2 Å². The first-order chi connectivity index (χ1) is 10.3. The van der Waals surface area contributed by atoms with E-state index in [0.717, 1.165) is 0 Å². The highest BCUT2D eigenvalue weighted by atomic mass is 19.3. The molecule has 0 unspecified atom stereocenters. The Balaban J connectivity index is 1.97. The van der Waals surface area contributed by atoms with Gasteiger partial charge in [0.1, 0.15) is 0 Å². The van der Waals surface area contributed by atoms with Crippen molar-refractivity contribution in [3.63, 3.8) is 0 Å². The molecule has 1 amide bonds. The summed E-state index contributed by atoms with van der Waals surface area (Å²) in [4.78, 5) is 22.9. The van der Waals surface area contributed by atoms with Crippen LogP contribution in [0.3, 0.4) is 0 Å². The molecule has 8 heteroatoms. The predicted molar refractivity (Wildman–Crippen MR) is 73.6 cm³/mol. The summed E-state index contributed by atoms with van der Waals surface area (Å²) in [6.45, 7) is 0.358. The van der Waals surface area contributed by atoms with Crippen LogP contribution in [-0.4, -0.2) is 32.8 Å². The minimum Gasteiger partial charge on any atom is -0.481 e. The molecular formula is C14H19F2N3O3. The average molecular weight is 315 g/mol. The van der Waals surface area contributed by atoms with Gasteiger partial charge in [-0.15, -0.1) is 0 Å². The number of hydrogen-bond acceptors (Lipinski definition) is 3. The molecule has 2 rings (SSSR count). The van der Waals surface area contributed by atoms with Gasteiger partial charge in [0.25, 0.3) is 0 Å². The Morgan fingerprint density at radius 3 is 2.59 bits per heavy atom. The van der Waals surface area contributed by atoms with E-state index in [4.69, 9.17) is 5.11 Å². The van der Waals surface area contributed by atoms with Crippen molar-refractivity contribution in [3.8, 4) is 0 Å². The molecule has 6 nitrogen and oxygen atoms in total. The molecule has 1 heterocycles. The fraction of sp³-hybridized carbons (Fsp3) is 0.643. The number of nitrogens with one attached hydrogen (secondary N) is 1. The molecule has 0 aromatic carbocycles. The van der Waals surface area contributed by atoms with E-state index in [9.17, 15) is 18.4 Å². The van der Waals surface area contributed by atoms with Crippen LogP contribution in [0.5, 0.6) is 0 Å². The summed E-state index contributed by atoms with van der Waals surface area (Å²) < 4.78 is 26.1. The lowest BCUT2D eigenvalue weighted by Gasteiger charge is -2.12. The van der Waals surface area contributed by atoms with Gasteiger partial charge in [0.2, 0.25) is 5.91 Å². The minimum atomic E-state index is -2.73. The van der Waals surface area contributed by atoms with E-state index in [0.29, 0.717) is 35.2 Å². The number of aliphatic carboxylic acids is 1. The van der Waals surface area contributed by atoms with Gasteiger partial charge >= 0.3 is 12.5 Å². The van der Waals surface area contributed by atoms with Gasteiger partial charge in [-0.1, -0.05) is 0 Å². The monoisotopic (exact) mass is 315 g/mol. The molecule has 0 saturated heterocycles. The molecule has 0 bridgehead atoms. The molecule has 1 aromatic rings. The number of hydrogen-bond donors (Lipinski definition) is 2. The van der Waals surface area contributed by atoms with Crippen LogP contribution in [0.1, 0.15) is 42.8 Å². The highest BCUT2D eigenvalue weighted by Crippen LogP contribution is 2.26. The van der Waals surface area contributed by atoms with Gasteiger partial charge in [-0.3, -0.25) is 9.59 Å². The van der Waals surface area contributed by atoms with Crippen molar-refractivity contribution in [1.29, 1.82) is 0 Å². The molecular weight excluding hydrogens is 296 g/mol. The van der Waals surface area contributed by atoms with Crippen molar-refractivity contribution < 1.29 is 23.5 Å². The Hall–Kier alpha value is -1.99. The number of amides is 1. The van der Waals surface area contributed by atoms with Crippen molar-refractivity contribution in [3.05, 3.63) is 17.0 Å². The summed E-state index contributed by atoms with van der Waals surface area (Å²) in [5.41, 5.74) is 1.17. The molecule has 122 valence electrons.